The Morgan fingerprint density at radius 1 is 1.53 bits per heavy atom. The minimum absolute atomic E-state index is 0.124. The summed E-state index contributed by atoms with van der Waals surface area (Å²) in [4.78, 5) is 15.9. The van der Waals surface area contributed by atoms with Crippen LogP contribution < -0.4 is 5.32 Å². The molecule has 0 aromatic carbocycles. The summed E-state index contributed by atoms with van der Waals surface area (Å²) in [6.45, 7) is 2.04. The van der Waals surface area contributed by atoms with E-state index in [1.165, 1.54) is 0 Å². The lowest BCUT2D eigenvalue weighted by Crippen LogP contribution is -2.19. The van der Waals surface area contributed by atoms with Gasteiger partial charge in [0, 0.05) is 12.4 Å². The molecular weight excluding hydrogens is 284 g/mol. The number of aromatic nitrogens is 3. The molecule has 2 aromatic heterocycles. The summed E-state index contributed by atoms with van der Waals surface area (Å²) in [5, 5.41) is 6.76. The van der Waals surface area contributed by atoms with E-state index in [0.29, 0.717) is 5.69 Å². The molecule has 2 aromatic rings. The molecule has 0 saturated carbocycles. The molecule has 0 aliphatic heterocycles. The normalized spacial score (nSPS) is 10.2. The molecule has 88 valence electrons. The Morgan fingerprint density at radius 2 is 2.35 bits per heavy atom. The molecule has 0 spiro atoms. The second-order valence-electron chi connectivity index (χ2n) is 3.52. The molecule has 0 aliphatic rings. The van der Waals surface area contributed by atoms with Crippen LogP contribution in [-0.4, -0.2) is 20.7 Å². The highest BCUT2D eigenvalue weighted by atomic mass is 79.9. The SMILES string of the molecule is Cc1nc(Br)ccc1NC(=O)Cn1cccn1. The van der Waals surface area contributed by atoms with Crippen molar-refractivity contribution in [3.8, 4) is 0 Å². The van der Waals surface area contributed by atoms with E-state index in [9.17, 15) is 4.79 Å². The van der Waals surface area contributed by atoms with Gasteiger partial charge in [-0.2, -0.15) is 5.10 Å². The molecule has 0 bridgehead atoms. The van der Waals surface area contributed by atoms with Crippen LogP contribution in [0.2, 0.25) is 0 Å². The van der Waals surface area contributed by atoms with Crippen LogP contribution in [0, 0.1) is 6.92 Å². The Morgan fingerprint density at radius 3 is 3.00 bits per heavy atom. The van der Waals surface area contributed by atoms with Gasteiger partial charge in [-0.05, 0) is 41.1 Å². The first-order chi connectivity index (χ1) is 8.15. The number of amides is 1. The zero-order valence-electron chi connectivity index (χ0n) is 9.22. The third-order valence-electron chi connectivity index (χ3n) is 2.19. The molecule has 2 rings (SSSR count). The smallest absolute Gasteiger partial charge is 0.246 e. The number of hydrogen-bond acceptors (Lipinski definition) is 3. The van der Waals surface area contributed by atoms with Gasteiger partial charge < -0.3 is 5.32 Å². The molecule has 2 heterocycles. The van der Waals surface area contributed by atoms with Crippen LogP contribution in [0.1, 0.15) is 5.69 Å². The maximum absolute atomic E-state index is 11.7. The zero-order valence-corrected chi connectivity index (χ0v) is 10.8. The fraction of sp³-hybridized carbons (Fsp3) is 0.182. The van der Waals surface area contributed by atoms with Crippen molar-refractivity contribution in [2.24, 2.45) is 0 Å². The van der Waals surface area contributed by atoms with Crippen molar-refractivity contribution in [2.75, 3.05) is 5.32 Å². The highest BCUT2D eigenvalue weighted by Gasteiger charge is 2.06. The van der Waals surface area contributed by atoms with Gasteiger partial charge in [0.1, 0.15) is 11.1 Å². The van der Waals surface area contributed by atoms with Crippen molar-refractivity contribution in [2.45, 2.75) is 13.5 Å². The first kappa shape index (κ1) is 11.8. The standard InChI is InChI=1S/C11H11BrN4O/c1-8-9(3-4-10(12)14-8)15-11(17)7-16-6-2-5-13-16/h2-6H,7H2,1H3,(H,15,17). The summed E-state index contributed by atoms with van der Waals surface area (Å²) < 4.78 is 2.32. The fourth-order valence-electron chi connectivity index (χ4n) is 1.39. The maximum Gasteiger partial charge on any atom is 0.246 e. The molecule has 0 aliphatic carbocycles. The van der Waals surface area contributed by atoms with Crippen LogP contribution in [0.15, 0.2) is 35.2 Å². The highest BCUT2D eigenvalue weighted by Crippen LogP contribution is 2.15. The number of hydrogen-bond donors (Lipinski definition) is 1. The van der Waals surface area contributed by atoms with Crippen LogP contribution in [0.4, 0.5) is 5.69 Å². The molecule has 5 nitrogen and oxygen atoms in total. The van der Waals surface area contributed by atoms with E-state index in [-0.39, 0.29) is 12.5 Å². The Labute approximate surface area is 107 Å². The molecule has 0 unspecified atom stereocenters. The third-order valence-corrected chi connectivity index (χ3v) is 2.63. The number of aryl methyl sites for hydroxylation is 1. The molecule has 17 heavy (non-hydrogen) atoms. The third kappa shape index (κ3) is 3.13. The molecule has 0 fully saturated rings. The lowest BCUT2D eigenvalue weighted by Gasteiger charge is -2.07. The van der Waals surface area contributed by atoms with Gasteiger partial charge in [0.15, 0.2) is 0 Å². The average molecular weight is 295 g/mol. The molecular formula is C11H11BrN4O. The zero-order chi connectivity index (χ0) is 12.3. The predicted octanol–water partition coefficient (Wildman–Crippen LogP) is 1.99. The van der Waals surface area contributed by atoms with Gasteiger partial charge >= 0.3 is 0 Å². The average Bonchev–Trinajstić information content (AvgIpc) is 2.75. The van der Waals surface area contributed by atoms with Crippen molar-refractivity contribution >= 4 is 27.5 Å². The van der Waals surface area contributed by atoms with E-state index < -0.39 is 0 Å². The van der Waals surface area contributed by atoms with Crippen molar-refractivity contribution in [1.82, 2.24) is 14.8 Å². The van der Waals surface area contributed by atoms with Crippen LogP contribution >= 0.6 is 15.9 Å². The Bertz CT molecular complexity index is 524. The van der Waals surface area contributed by atoms with Crippen LogP contribution in [0.5, 0.6) is 0 Å². The van der Waals surface area contributed by atoms with Crippen LogP contribution in [-0.2, 0) is 11.3 Å². The van der Waals surface area contributed by atoms with Crippen molar-refractivity contribution < 1.29 is 4.79 Å². The predicted molar refractivity (Wildman–Crippen MR) is 67.5 cm³/mol. The van der Waals surface area contributed by atoms with Gasteiger partial charge in [-0.3, -0.25) is 9.48 Å². The number of anilines is 1. The minimum atomic E-state index is -0.124. The van der Waals surface area contributed by atoms with Gasteiger partial charge in [-0.15, -0.1) is 0 Å². The molecule has 0 atom stereocenters. The van der Waals surface area contributed by atoms with E-state index in [4.69, 9.17) is 0 Å². The first-order valence-corrected chi connectivity index (χ1v) is 5.85. The number of carbonyl (C=O) groups is 1. The fourth-order valence-corrected chi connectivity index (χ4v) is 1.79. The number of nitrogens with one attached hydrogen (secondary N) is 1. The lowest BCUT2D eigenvalue weighted by atomic mass is 10.3. The molecule has 1 N–H and O–H groups in total. The van der Waals surface area contributed by atoms with Crippen molar-refractivity contribution in [3.63, 3.8) is 0 Å². The summed E-state index contributed by atoms with van der Waals surface area (Å²) in [5.41, 5.74) is 1.48. The largest absolute Gasteiger partial charge is 0.323 e. The summed E-state index contributed by atoms with van der Waals surface area (Å²) >= 11 is 3.27. The van der Waals surface area contributed by atoms with Gasteiger partial charge in [-0.1, -0.05) is 0 Å². The van der Waals surface area contributed by atoms with Crippen LogP contribution in [0.3, 0.4) is 0 Å². The molecule has 6 heteroatoms. The van der Waals surface area contributed by atoms with Crippen molar-refractivity contribution in [1.29, 1.82) is 0 Å². The summed E-state index contributed by atoms with van der Waals surface area (Å²) in [6, 6.07) is 5.38. The highest BCUT2D eigenvalue weighted by molar-refractivity contribution is 9.10. The maximum atomic E-state index is 11.7. The van der Waals surface area contributed by atoms with Crippen molar-refractivity contribution in [3.05, 3.63) is 40.9 Å². The number of rotatable bonds is 3. The monoisotopic (exact) mass is 294 g/mol. The van der Waals surface area contributed by atoms with E-state index in [1.807, 2.05) is 13.0 Å². The van der Waals surface area contributed by atoms with Gasteiger partial charge in [0.05, 0.1) is 11.4 Å². The first-order valence-electron chi connectivity index (χ1n) is 5.05. The lowest BCUT2D eigenvalue weighted by molar-refractivity contribution is -0.116. The number of carbonyl (C=O) groups excluding carboxylic acids is 1. The van der Waals surface area contributed by atoms with Crippen LogP contribution in [0.25, 0.3) is 0 Å². The summed E-state index contributed by atoms with van der Waals surface area (Å²) in [5.74, 6) is -0.124. The molecule has 0 radical (unpaired) electrons. The van der Waals surface area contributed by atoms with Gasteiger partial charge in [-0.25, -0.2) is 4.98 Å². The van der Waals surface area contributed by atoms with E-state index >= 15 is 0 Å². The van der Waals surface area contributed by atoms with Gasteiger partial charge in [0.2, 0.25) is 5.91 Å². The van der Waals surface area contributed by atoms with E-state index in [2.05, 4.69) is 31.3 Å². The summed E-state index contributed by atoms with van der Waals surface area (Å²) in [7, 11) is 0. The Hall–Kier alpha value is -1.69. The molecule has 0 saturated heterocycles. The minimum Gasteiger partial charge on any atom is -0.323 e. The second kappa shape index (κ2) is 5.09. The molecule has 1 amide bonds. The number of halogens is 1. The summed E-state index contributed by atoms with van der Waals surface area (Å²) in [6.07, 6.45) is 3.38. The number of nitrogens with zero attached hydrogens (tertiary/aromatic N) is 3. The van der Waals surface area contributed by atoms with E-state index in [1.54, 1.807) is 29.2 Å². The Balaban J connectivity index is 2.03. The quantitative estimate of drug-likeness (QED) is 0.881. The van der Waals surface area contributed by atoms with Gasteiger partial charge in [0.25, 0.3) is 0 Å². The number of pyridine rings is 1. The Kier molecular flexibility index (Phi) is 3.53. The topological polar surface area (TPSA) is 59.8 Å². The van der Waals surface area contributed by atoms with E-state index in [0.717, 1.165) is 10.3 Å². The second-order valence-corrected chi connectivity index (χ2v) is 4.33.